The summed E-state index contributed by atoms with van der Waals surface area (Å²) < 4.78 is 7.58. The zero-order valence-electron chi connectivity index (χ0n) is 13.0. The Morgan fingerprint density at radius 1 is 1.29 bits per heavy atom. The molecule has 1 atom stereocenters. The Bertz CT molecular complexity index is 1010. The third kappa shape index (κ3) is 2.04. The summed E-state index contributed by atoms with van der Waals surface area (Å²) in [6.45, 7) is 1.41. The molecule has 0 saturated heterocycles. The highest BCUT2D eigenvalue weighted by Gasteiger charge is 2.30. The molecule has 5 rings (SSSR count). The third-order valence-electron chi connectivity index (χ3n) is 4.53. The summed E-state index contributed by atoms with van der Waals surface area (Å²) in [4.78, 5) is 9.95. The van der Waals surface area contributed by atoms with Crippen LogP contribution in [0.3, 0.4) is 0 Å². The van der Waals surface area contributed by atoms with Crippen LogP contribution in [0.15, 0.2) is 41.3 Å². The van der Waals surface area contributed by atoms with Crippen molar-refractivity contribution in [2.45, 2.75) is 19.1 Å². The molecule has 24 heavy (non-hydrogen) atoms. The molecule has 8 nitrogen and oxygen atoms in total. The molecule has 0 radical (unpaired) electrons. The van der Waals surface area contributed by atoms with E-state index in [1.54, 1.807) is 6.33 Å². The maximum atomic E-state index is 5.55. The van der Waals surface area contributed by atoms with Gasteiger partial charge in [-0.15, -0.1) is 10.2 Å². The lowest BCUT2D eigenvalue weighted by Crippen LogP contribution is -2.34. The van der Waals surface area contributed by atoms with Crippen LogP contribution < -0.4 is 0 Å². The Morgan fingerprint density at radius 2 is 2.25 bits per heavy atom. The molecule has 0 spiro atoms. The molecule has 0 aliphatic carbocycles. The molecule has 120 valence electrons. The van der Waals surface area contributed by atoms with Gasteiger partial charge in [0.15, 0.2) is 0 Å². The van der Waals surface area contributed by atoms with Crippen LogP contribution in [0.25, 0.3) is 22.3 Å². The highest BCUT2D eigenvalue weighted by molar-refractivity contribution is 5.83. The van der Waals surface area contributed by atoms with Crippen LogP contribution in [-0.4, -0.2) is 41.8 Å². The standard InChI is InChI=1S/C16H15N7O/c1-22-8-14-20-18-9-23(14)7-13(22)16-19-15(21-24-16)11-2-3-12-10(6-11)4-5-17-12/h2-6,9,13,17H,7-8H2,1H3. The number of nitrogens with zero attached hydrogens (tertiary/aromatic N) is 6. The Kier molecular flexibility index (Phi) is 2.80. The molecule has 1 aliphatic rings. The van der Waals surface area contributed by atoms with E-state index in [2.05, 4.69) is 36.3 Å². The van der Waals surface area contributed by atoms with Crippen LogP contribution in [0.4, 0.5) is 0 Å². The fourth-order valence-corrected chi connectivity index (χ4v) is 3.16. The predicted molar refractivity (Wildman–Crippen MR) is 85.8 cm³/mol. The predicted octanol–water partition coefficient (Wildman–Crippen LogP) is 2.00. The average Bonchev–Trinajstić information content (AvgIpc) is 3.32. The first-order chi connectivity index (χ1) is 11.8. The monoisotopic (exact) mass is 321 g/mol. The summed E-state index contributed by atoms with van der Waals surface area (Å²) in [6.07, 6.45) is 3.66. The molecule has 0 bridgehead atoms. The lowest BCUT2D eigenvalue weighted by atomic mass is 10.1. The van der Waals surface area contributed by atoms with Crippen molar-refractivity contribution in [2.24, 2.45) is 0 Å². The Hall–Kier alpha value is -3.00. The maximum Gasteiger partial charge on any atom is 0.246 e. The van der Waals surface area contributed by atoms with Gasteiger partial charge < -0.3 is 14.1 Å². The van der Waals surface area contributed by atoms with E-state index in [0.717, 1.165) is 22.3 Å². The van der Waals surface area contributed by atoms with Gasteiger partial charge in [0.2, 0.25) is 11.7 Å². The lowest BCUT2D eigenvalue weighted by molar-refractivity contribution is 0.139. The second-order valence-corrected chi connectivity index (χ2v) is 6.07. The van der Waals surface area contributed by atoms with Gasteiger partial charge in [-0.05, 0) is 31.3 Å². The highest BCUT2D eigenvalue weighted by atomic mass is 16.5. The second-order valence-electron chi connectivity index (χ2n) is 6.07. The second kappa shape index (κ2) is 5.00. The van der Waals surface area contributed by atoms with Crippen molar-refractivity contribution in [2.75, 3.05) is 7.05 Å². The van der Waals surface area contributed by atoms with Crippen LogP contribution in [0, 0.1) is 0 Å². The molecule has 0 amide bonds. The topological polar surface area (TPSA) is 88.7 Å². The van der Waals surface area contributed by atoms with Gasteiger partial charge in [0.25, 0.3) is 0 Å². The van der Waals surface area contributed by atoms with Crippen molar-refractivity contribution in [1.29, 1.82) is 0 Å². The number of nitrogens with one attached hydrogen (secondary N) is 1. The number of hydrogen-bond acceptors (Lipinski definition) is 6. The van der Waals surface area contributed by atoms with Crippen molar-refractivity contribution >= 4 is 10.9 Å². The molecule has 3 aromatic heterocycles. The smallest absolute Gasteiger partial charge is 0.246 e. The van der Waals surface area contributed by atoms with Gasteiger partial charge in [0, 0.05) is 29.2 Å². The first-order valence-corrected chi connectivity index (χ1v) is 7.76. The van der Waals surface area contributed by atoms with E-state index in [-0.39, 0.29) is 6.04 Å². The molecule has 1 aliphatic heterocycles. The van der Waals surface area contributed by atoms with Crippen molar-refractivity contribution in [3.63, 3.8) is 0 Å². The van der Waals surface area contributed by atoms with Crippen molar-refractivity contribution in [1.82, 2.24) is 34.8 Å². The molecule has 0 fully saturated rings. The summed E-state index contributed by atoms with van der Waals surface area (Å²) in [6, 6.07) is 8.13. The quantitative estimate of drug-likeness (QED) is 0.607. The Morgan fingerprint density at radius 3 is 3.21 bits per heavy atom. The normalized spacial score (nSPS) is 18.1. The van der Waals surface area contributed by atoms with Gasteiger partial charge >= 0.3 is 0 Å². The van der Waals surface area contributed by atoms with E-state index < -0.39 is 0 Å². The molecular weight excluding hydrogens is 306 g/mol. The molecule has 0 saturated carbocycles. The van der Waals surface area contributed by atoms with E-state index in [9.17, 15) is 0 Å². The SMILES string of the molecule is CN1Cc2nncn2CC1c1nc(-c2ccc3[nH]ccc3c2)no1. The largest absolute Gasteiger partial charge is 0.361 e. The first kappa shape index (κ1) is 13.4. The number of aromatic amines is 1. The minimum atomic E-state index is 0.0192. The summed E-state index contributed by atoms with van der Waals surface area (Å²) in [5.74, 6) is 2.17. The van der Waals surface area contributed by atoms with Gasteiger partial charge in [-0.2, -0.15) is 4.98 Å². The fourth-order valence-electron chi connectivity index (χ4n) is 3.16. The number of likely N-dealkylation sites (N-methyl/N-ethyl adjacent to an activating group) is 1. The number of rotatable bonds is 2. The van der Waals surface area contributed by atoms with E-state index in [1.807, 2.05) is 36.0 Å². The minimum absolute atomic E-state index is 0.0192. The number of aromatic nitrogens is 6. The zero-order chi connectivity index (χ0) is 16.1. The third-order valence-corrected chi connectivity index (χ3v) is 4.53. The number of H-pyrrole nitrogens is 1. The van der Waals surface area contributed by atoms with Gasteiger partial charge in [-0.1, -0.05) is 5.16 Å². The van der Waals surface area contributed by atoms with E-state index in [4.69, 9.17) is 4.52 Å². The molecule has 1 N–H and O–H groups in total. The summed E-state index contributed by atoms with van der Waals surface area (Å²) in [5.41, 5.74) is 2.04. The Labute approximate surface area is 137 Å². The van der Waals surface area contributed by atoms with Crippen LogP contribution in [-0.2, 0) is 13.1 Å². The van der Waals surface area contributed by atoms with E-state index in [0.29, 0.717) is 24.8 Å². The Balaban J connectivity index is 1.48. The summed E-state index contributed by atoms with van der Waals surface area (Å²) in [7, 11) is 2.03. The minimum Gasteiger partial charge on any atom is -0.361 e. The van der Waals surface area contributed by atoms with Crippen molar-refractivity contribution in [3.8, 4) is 11.4 Å². The van der Waals surface area contributed by atoms with Crippen molar-refractivity contribution in [3.05, 3.63) is 48.5 Å². The summed E-state index contributed by atoms with van der Waals surface area (Å²) >= 11 is 0. The maximum absolute atomic E-state index is 5.55. The summed E-state index contributed by atoms with van der Waals surface area (Å²) in [5, 5.41) is 13.4. The molecule has 1 aromatic carbocycles. The zero-order valence-corrected chi connectivity index (χ0v) is 13.0. The van der Waals surface area contributed by atoms with E-state index in [1.165, 1.54) is 0 Å². The fraction of sp³-hybridized carbons (Fsp3) is 0.250. The van der Waals surface area contributed by atoms with Crippen LogP contribution in [0.5, 0.6) is 0 Å². The van der Waals surface area contributed by atoms with Crippen LogP contribution >= 0.6 is 0 Å². The average molecular weight is 321 g/mol. The number of hydrogen-bond donors (Lipinski definition) is 1. The molecule has 1 unspecified atom stereocenters. The van der Waals surface area contributed by atoms with Crippen LogP contribution in [0.1, 0.15) is 17.8 Å². The van der Waals surface area contributed by atoms with E-state index >= 15 is 0 Å². The van der Waals surface area contributed by atoms with Gasteiger partial charge in [0.05, 0.1) is 6.54 Å². The highest BCUT2D eigenvalue weighted by Crippen LogP contribution is 2.28. The molecule has 4 aromatic rings. The van der Waals surface area contributed by atoms with Crippen molar-refractivity contribution < 1.29 is 4.52 Å². The van der Waals surface area contributed by atoms with Gasteiger partial charge in [-0.3, -0.25) is 4.90 Å². The van der Waals surface area contributed by atoms with Gasteiger partial charge in [-0.25, -0.2) is 0 Å². The number of benzene rings is 1. The number of fused-ring (bicyclic) bond motifs is 2. The molecule has 4 heterocycles. The van der Waals surface area contributed by atoms with Gasteiger partial charge in [0.1, 0.15) is 18.2 Å². The molecule has 8 heteroatoms. The first-order valence-electron chi connectivity index (χ1n) is 7.76. The lowest BCUT2D eigenvalue weighted by Gasteiger charge is -2.29. The van der Waals surface area contributed by atoms with Crippen LogP contribution in [0.2, 0.25) is 0 Å². The molecular formula is C16H15N7O.